The first-order valence-electron chi connectivity index (χ1n) is 7.97. The van der Waals surface area contributed by atoms with Crippen molar-refractivity contribution in [2.75, 3.05) is 0 Å². The number of nitrogens with zero attached hydrogens (tertiary/aromatic N) is 2. The normalized spacial score (nSPS) is 13.6. The molecule has 0 aliphatic heterocycles. The third-order valence-electron chi connectivity index (χ3n) is 3.96. The summed E-state index contributed by atoms with van der Waals surface area (Å²) in [6.45, 7) is 6.13. The number of imidazole rings is 1. The predicted molar refractivity (Wildman–Crippen MR) is 96.8 cm³/mol. The Bertz CT molecular complexity index is 1140. The van der Waals surface area contributed by atoms with Crippen molar-refractivity contribution in [3.8, 4) is 0 Å². The van der Waals surface area contributed by atoms with Gasteiger partial charge in [-0.2, -0.15) is 0 Å². The largest absolute Gasteiger partial charge is 0.351 e. The van der Waals surface area contributed by atoms with E-state index in [0.29, 0.717) is 5.69 Å². The molecule has 3 rings (SSSR count). The van der Waals surface area contributed by atoms with Crippen LogP contribution in [0.3, 0.4) is 0 Å². The second-order valence-corrected chi connectivity index (χ2v) is 6.98. The molecule has 7 nitrogen and oxygen atoms in total. The highest BCUT2D eigenvalue weighted by Gasteiger charge is 2.19. The lowest BCUT2D eigenvalue weighted by Gasteiger charge is -2.16. The van der Waals surface area contributed by atoms with E-state index in [1.54, 1.807) is 18.5 Å². The van der Waals surface area contributed by atoms with Gasteiger partial charge >= 0.3 is 0 Å². The quantitative estimate of drug-likeness (QED) is 0.616. The van der Waals surface area contributed by atoms with Gasteiger partial charge in [-0.1, -0.05) is 20.8 Å². The van der Waals surface area contributed by atoms with E-state index in [2.05, 4.69) is 19.9 Å². The number of H-pyrrole nitrogens is 3. The van der Waals surface area contributed by atoms with Gasteiger partial charge in [0.05, 0.1) is 12.0 Å². The van der Waals surface area contributed by atoms with Crippen LogP contribution in [0.2, 0.25) is 0 Å². The topological polar surface area (TPSA) is 99.3 Å². The molecule has 0 saturated carbocycles. The van der Waals surface area contributed by atoms with Crippen molar-refractivity contribution in [1.29, 1.82) is 0 Å². The van der Waals surface area contributed by atoms with Crippen molar-refractivity contribution in [1.82, 2.24) is 24.5 Å². The van der Waals surface area contributed by atoms with Gasteiger partial charge in [0.25, 0.3) is 11.1 Å². The molecule has 7 heteroatoms. The fraction of sp³-hybridized carbons (Fsp3) is 0.278. The Hall–Kier alpha value is -3.09. The van der Waals surface area contributed by atoms with Crippen LogP contribution in [0, 0.1) is 0 Å². The zero-order valence-corrected chi connectivity index (χ0v) is 14.7. The molecule has 0 fully saturated rings. The first-order chi connectivity index (χ1) is 11.8. The van der Waals surface area contributed by atoms with E-state index in [-0.39, 0.29) is 27.2 Å². The van der Waals surface area contributed by atoms with Crippen LogP contribution in [0.1, 0.15) is 37.9 Å². The predicted octanol–water partition coefficient (Wildman–Crippen LogP) is 0.0799. The first-order valence-corrected chi connectivity index (χ1v) is 7.97. The maximum atomic E-state index is 12.4. The van der Waals surface area contributed by atoms with Crippen LogP contribution in [-0.2, 0) is 12.5 Å². The lowest BCUT2D eigenvalue weighted by molar-refractivity contribution is 0.571. The van der Waals surface area contributed by atoms with E-state index in [9.17, 15) is 9.59 Å². The van der Waals surface area contributed by atoms with Gasteiger partial charge in [0.2, 0.25) is 0 Å². The van der Waals surface area contributed by atoms with Gasteiger partial charge in [-0.25, -0.2) is 4.98 Å². The maximum absolute atomic E-state index is 12.4. The second-order valence-electron chi connectivity index (χ2n) is 6.98. The molecule has 25 heavy (non-hydrogen) atoms. The zero-order valence-electron chi connectivity index (χ0n) is 14.7. The highest BCUT2D eigenvalue weighted by Crippen LogP contribution is 2.22. The Morgan fingerprint density at radius 3 is 2.28 bits per heavy atom. The minimum Gasteiger partial charge on any atom is -0.351 e. The summed E-state index contributed by atoms with van der Waals surface area (Å²) in [6, 6.07) is 3.73. The molecule has 3 heterocycles. The van der Waals surface area contributed by atoms with Crippen LogP contribution < -0.4 is 21.8 Å². The fourth-order valence-electron chi connectivity index (χ4n) is 2.62. The summed E-state index contributed by atoms with van der Waals surface area (Å²) < 4.78 is 1.86. The fourth-order valence-corrected chi connectivity index (χ4v) is 2.62. The van der Waals surface area contributed by atoms with Crippen molar-refractivity contribution in [3.63, 3.8) is 0 Å². The third kappa shape index (κ3) is 3.40. The van der Waals surface area contributed by atoms with Crippen molar-refractivity contribution in [2.24, 2.45) is 7.05 Å². The second kappa shape index (κ2) is 6.08. The monoisotopic (exact) mass is 339 g/mol. The molecule has 0 bridgehead atoms. The molecule has 0 aliphatic rings. The van der Waals surface area contributed by atoms with Crippen LogP contribution >= 0.6 is 0 Å². The molecule has 130 valence electrons. The van der Waals surface area contributed by atoms with Gasteiger partial charge in [0.15, 0.2) is 0 Å². The van der Waals surface area contributed by atoms with Gasteiger partial charge < -0.3 is 19.5 Å². The lowest BCUT2D eigenvalue weighted by Crippen LogP contribution is -2.46. The maximum Gasteiger partial charge on any atom is 0.272 e. The standard InChI is InChI=1S/C18H21N5O2/c1-18(2,3)15-12(19-10-20-15)9-14-17(25)21-13(16(24)22-14)8-11-6-5-7-23(11)4/h5-10H,1-4H3,(H,19,20)(H,21,25)(H,22,24). The van der Waals surface area contributed by atoms with E-state index < -0.39 is 0 Å². The van der Waals surface area contributed by atoms with Gasteiger partial charge in [0, 0.05) is 30.0 Å². The van der Waals surface area contributed by atoms with Crippen molar-refractivity contribution >= 4 is 12.2 Å². The molecule has 0 radical (unpaired) electrons. The van der Waals surface area contributed by atoms with Crippen LogP contribution in [0.25, 0.3) is 12.2 Å². The molecule has 3 aromatic heterocycles. The van der Waals surface area contributed by atoms with Gasteiger partial charge in [-0.15, -0.1) is 0 Å². The third-order valence-corrected chi connectivity index (χ3v) is 3.96. The Labute approximate surface area is 143 Å². The van der Waals surface area contributed by atoms with Crippen LogP contribution in [0.15, 0.2) is 34.2 Å². The number of hydrogen-bond donors (Lipinski definition) is 3. The van der Waals surface area contributed by atoms with Gasteiger partial charge in [-0.3, -0.25) is 9.59 Å². The number of rotatable bonds is 2. The summed E-state index contributed by atoms with van der Waals surface area (Å²) in [5, 5.41) is 0.383. The molecule has 0 aromatic carbocycles. The Morgan fingerprint density at radius 2 is 1.72 bits per heavy atom. The Kier molecular flexibility index (Phi) is 4.08. The molecule has 3 N–H and O–H groups in total. The molecule has 0 spiro atoms. The van der Waals surface area contributed by atoms with E-state index in [1.165, 1.54) is 0 Å². The van der Waals surface area contributed by atoms with Crippen molar-refractivity contribution < 1.29 is 0 Å². The van der Waals surface area contributed by atoms with Crippen LogP contribution in [-0.4, -0.2) is 24.5 Å². The number of hydrogen-bond acceptors (Lipinski definition) is 3. The Balaban J connectivity index is 2.16. The summed E-state index contributed by atoms with van der Waals surface area (Å²) in [5.74, 6) is 0. The molecule has 0 unspecified atom stereocenters. The van der Waals surface area contributed by atoms with E-state index in [0.717, 1.165) is 11.4 Å². The van der Waals surface area contributed by atoms with E-state index in [1.807, 2.05) is 50.7 Å². The average molecular weight is 339 g/mol. The van der Waals surface area contributed by atoms with Gasteiger partial charge in [-0.05, 0) is 24.3 Å². The summed E-state index contributed by atoms with van der Waals surface area (Å²) in [4.78, 5) is 37.3. The SMILES string of the molecule is Cn1cccc1C=c1[nH]c(=O)c(=Cc2nc[nH]c2C(C)(C)C)[nH]c1=O. The van der Waals surface area contributed by atoms with Crippen LogP contribution in [0.4, 0.5) is 0 Å². The molecule has 0 aliphatic carbocycles. The number of aromatic amines is 3. The summed E-state index contributed by atoms with van der Waals surface area (Å²) in [7, 11) is 1.87. The Morgan fingerprint density at radius 1 is 1.08 bits per heavy atom. The minimum absolute atomic E-state index is 0.157. The summed E-state index contributed by atoms with van der Waals surface area (Å²) in [6.07, 6.45) is 6.67. The highest BCUT2D eigenvalue weighted by molar-refractivity contribution is 5.48. The number of nitrogens with one attached hydrogen (secondary N) is 3. The molecular weight excluding hydrogens is 318 g/mol. The summed E-state index contributed by atoms with van der Waals surface area (Å²) >= 11 is 0. The minimum atomic E-state index is -0.372. The molecular formula is C18H21N5O2. The van der Waals surface area contributed by atoms with Crippen molar-refractivity contribution in [3.05, 3.63) is 73.1 Å². The average Bonchev–Trinajstić information content (AvgIpc) is 3.13. The highest BCUT2D eigenvalue weighted by atomic mass is 16.1. The smallest absolute Gasteiger partial charge is 0.272 e. The van der Waals surface area contributed by atoms with E-state index in [4.69, 9.17) is 0 Å². The first kappa shape index (κ1) is 16.8. The summed E-state index contributed by atoms with van der Waals surface area (Å²) in [5.41, 5.74) is 1.46. The van der Waals surface area contributed by atoms with Crippen LogP contribution in [0.5, 0.6) is 0 Å². The van der Waals surface area contributed by atoms with Crippen molar-refractivity contribution in [2.45, 2.75) is 26.2 Å². The lowest BCUT2D eigenvalue weighted by atomic mass is 9.90. The van der Waals surface area contributed by atoms with Gasteiger partial charge in [0.1, 0.15) is 10.7 Å². The number of aromatic nitrogens is 5. The van der Waals surface area contributed by atoms with E-state index >= 15 is 0 Å². The molecule has 0 amide bonds. The molecule has 3 aromatic rings. The number of aryl methyl sites for hydroxylation is 1. The zero-order chi connectivity index (χ0) is 18.2. The molecule has 0 atom stereocenters. The molecule has 0 saturated heterocycles.